The Kier molecular flexibility index (Phi) is 4.57. The summed E-state index contributed by atoms with van der Waals surface area (Å²) >= 11 is 1.52. The van der Waals surface area contributed by atoms with Gasteiger partial charge in [0.2, 0.25) is 0 Å². The van der Waals surface area contributed by atoms with Crippen LogP contribution >= 0.6 is 11.8 Å². The van der Waals surface area contributed by atoms with Crippen LogP contribution in [0.4, 0.5) is 0 Å². The van der Waals surface area contributed by atoms with Crippen LogP contribution in [0.5, 0.6) is 0 Å². The SMILES string of the molecule is CC(C)c1ccc(Sc2cnc(C(N)=NO)cn2)cc1. The molecule has 0 aliphatic carbocycles. The molecule has 104 valence electrons. The fourth-order valence-electron chi connectivity index (χ4n) is 1.59. The predicted octanol–water partition coefficient (Wildman–Crippen LogP) is 2.85. The van der Waals surface area contributed by atoms with Gasteiger partial charge in [0.25, 0.3) is 0 Å². The number of rotatable bonds is 4. The lowest BCUT2D eigenvalue weighted by molar-refractivity contribution is 0.318. The lowest BCUT2D eigenvalue weighted by Crippen LogP contribution is -2.15. The Balaban J connectivity index is 2.10. The first kappa shape index (κ1) is 14.3. The Hall–Kier alpha value is -2.08. The molecule has 2 rings (SSSR count). The second kappa shape index (κ2) is 6.38. The molecule has 0 unspecified atom stereocenters. The van der Waals surface area contributed by atoms with E-state index in [0.717, 1.165) is 9.92 Å². The summed E-state index contributed by atoms with van der Waals surface area (Å²) in [5.74, 6) is 0.476. The lowest BCUT2D eigenvalue weighted by Gasteiger charge is -2.06. The van der Waals surface area contributed by atoms with E-state index < -0.39 is 0 Å². The molecule has 3 N–H and O–H groups in total. The first-order valence-electron chi connectivity index (χ1n) is 6.18. The molecule has 1 aromatic heterocycles. The first-order valence-corrected chi connectivity index (χ1v) is 6.99. The monoisotopic (exact) mass is 288 g/mol. The van der Waals surface area contributed by atoms with Crippen LogP contribution in [0.15, 0.2) is 51.7 Å². The molecule has 0 fully saturated rings. The molecule has 1 aromatic carbocycles. The molecule has 0 radical (unpaired) electrons. The third-order valence-electron chi connectivity index (χ3n) is 2.77. The minimum absolute atomic E-state index is 0.0460. The van der Waals surface area contributed by atoms with Crippen molar-refractivity contribution >= 4 is 17.6 Å². The summed E-state index contributed by atoms with van der Waals surface area (Å²) in [6.07, 6.45) is 3.09. The van der Waals surface area contributed by atoms with Crippen molar-refractivity contribution in [3.05, 3.63) is 47.9 Å². The van der Waals surface area contributed by atoms with E-state index in [1.807, 2.05) is 0 Å². The first-order chi connectivity index (χ1) is 9.60. The standard InChI is InChI=1S/C14H16N4OS/c1-9(2)10-3-5-11(6-4-10)20-13-8-16-12(7-17-13)14(15)18-19/h3-9,19H,1-2H3,(H2,15,18). The van der Waals surface area contributed by atoms with Crippen LogP contribution in [0.1, 0.15) is 31.0 Å². The van der Waals surface area contributed by atoms with Gasteiger partial charge in [0.1, 0.15) is 10.7 Å². The highest BCUT2D eigenvalue weighted by molar-refractivity contribution is 7.99. The maximum absolute atomic E-state index is 8.55. The third kappa shape index (κ3) is 3.48. The van der Waals surface area contributed by atoms with Crippen LogP contribution in [0, 0.1) is 0 Å². The highest BCUT2D eigenvalue weighted by Crippen LogP contribution is 2.26. The number of aromatic nitrogens is 2. The van der Waals surface area contributed by atoms with Crippen molar-refractivity contribution in [3.63, 3.8) is 0 Å². The van der Waals surface area contributed by atoms with Gasteiger partial charge in [0, 0.05) is 4.90 Å². The molecule has 1 heterocycles. The van der Waals surface area contributed by atoms with Crippen LogP contribution in [-0.2, 0) is 0 Å². The van der Waals surface area contributed by atoms with Gasteiger partial charge in [0.15, 0.2) is 5.84 Å². The number of hydrogen-bond acceptors (Lipinski definition) is 5. The minimum atomic E-state index is -0.0460. The number of benzene rings is 1. The van der Waals surface area contributed by atoms with Crippen LogP contribution in [0.3, 0.4) is 0 Å². The summed E-state index contributed by atoms with van der Waals surface area (Å²) in [4.78, 5) is 9.42. The van der Waals surface area contributed by atoms with E-state index >= 15 is 0 Å². The zero-order chi connectivity index (χ0) is 14.5. The molecule has 0 amide bonds. The molecule has 0 aliphatic heterocycles. The summed E-state index contributed by atoms with van der Waals surface area (Å²) in [5, 5.41) is 12.2. The summed E-state index contributed by atoms with van der Waals surface area (Å²) in [6, 6.07) is 8.37. The summed E-state index contributed by atoms with van der Waals surface area (Å²) < 4.78 is 0. The molecule has 20 heavy (non-hydrogen) atoms. The fourth-order valence-corrected chi connectivity index (χ4v) is 2.32. The largest absolute Gasteiger partial charge is 0.409 e. The van der Waals surface area contributed by atoms with Crippen molar-refractivity contribution < 1.29 is 5.21 Å². The second-order valence-electron chi connectivity index (χ2n) is 4.55. The number of nitrogens with two attached hydrogens (primary N) is 1. The van der Waals surface area contributed by atoms with Gasteiger partial charge in [-0.2, -0.15) is 0 Å². The Morgan fingerprint density at radius 2 is 1.90 bits per heavy atom. The van der Waals surface area contributed by atoms with Crippen molar-refractivity contribution in [3.8, 4) is 0 Å². The Morgan fingerprint density at radius 3 is 2.40 bits per heavy atom. The summed E-state index contributed by atoms with van der Waals surface area (Å²) in [7, 11) is 0. The summed E-state index contributed by atoms with van der Waals surface area (Å²) in [5.41, 5.74) is 7.09. The van der Waals surface area contributed by atoms with Gasteiger partial charge in [-0.1, -0.05) is 42.9 Å². The van der Waals surface area contributed by atoms with Gasteiger partial charge in [0.05, 0.1) is 12.4 Å². The van der Waals surface area contributed by atoms with E-state index in [4.69, 9.17) is 10.9 Å². The third-order valence-corrected chi connectivity index (χ3v) is 3.70. The highest BCUT2D eigenvalue weighted by atomic mass is 32.2. The fraction of sp³-hybridized carbons (Fsp3) is 0.214. The molecule has 2 aromatic rings. The van der Waals surface area contributed by atoms with Gasteiger partial charge in [-0.15, -0.1) is 0 Å². The maximum Gasteiger partial charge on any atom is 0.190 e. The molecule has 0 spiro atoms. The van der Waals surface area contributed by atoms with E-state index in [1.54, 1.807) is 6.20 Å². The molecule has 6 heteroatoms. The molecule has 0 saturated carbocycles. The average molecular weight is 288 g/mol. The lowest BCUT2D eigenvalue weighted by atomic mass is 10.0. The number of nitrogens with zero attached hydrogens (tertiary/aromatic N) is 3. The molecular weight excluding hydrogens is 272 g/mol. The summed E-state index contributed by atoms with van der Waals surface area (Å²) in [6.45, 7) is 4.33. The molecule has 5 nitrogen and oxygen atoms in total. The van der Waals surface area contributed by atoms with Gasteiger partial charge in [-0.25, -0.2) is 9.97 Å². The van der Waals surface area contributed by atoms with Crippen molar-refractivity contribution in [2.45, 2.75) is 29.7 Å². The molecule has 0 aliphatic rings. The quantitative estimate of drug-likeness (QED) is 0.391. The van der Waals surface area contributed by atoms with Crippen LogP contribution in [0.2, 0.25) is 0 Å². The smallest absolute Gasteiger partial charge is 0.190 e. The zero-order valence-electron chi connectivity index (χ0n) is 11.3. The van der Waals surface area contributed by atoms with E-state index in [0.29, 0.717) is 11.6 Å². The predicted molar refractivity (Wildman–Crippen MR) is 79.2 cm³/mol. The van der Waals surface area contributed by atoms with Crippen molar-refractivity contribution in [2.75, 3.05) is 0 Å². The zero-order valence-corrected chi connectivity index (χ0v) is 12.1. The maximum atomic E-state index is 8.55. The Morgan fingerprint density at radius 1 is 1.20 bits per heavy atom. The van der Waals surface area contributed by atoms with E-state index in [1.165, 1.54) is 23.5 Å². The van der Waals surface area contributed by atoms with Crippen molar-refractivity contribution in [1.82, 2.24) is 9.97 Å². The highest BCUT2D eigenvalue weighted by Gasteiger charge is 2.04. The number of amidine groups is 1. The Labute approximate surface area is 121 Å². The van der Waals surface area contributed by atoms with Crippen LogP contribution < -0.4 is 5.73 Å². The number of hydrogen-bond donors (Lipinski definition) is 2. The number of oxime groups is 1. The second-order valence-corrected chi connectivity index (χ2v) is 5.64. The van der Waals surface area contributed by atoms with Crippen LogP contribution in [0.25, 0.3) is 0 Å². The van der Waals surface area contributed by atoms with E-state index in [-0.39, 0.29) is 5.84 Å². The van der Waals surface area contributed by atoms with E-state index in [9.17, 15) is 0 Å². The Bertz CT molecular complexity index is 594. The van der Waals surface area contributed by atoms with Crippen molar-refractivity contribution in [2.24, 2.45) is 10.9 Å². The van der Waals surface area contributed by atoms with Gasteiger partial charge in [-0.3, -0.25) is 0 Å². The van der Waals surface area contributed by atoms with E-state index in [2.05, 4.69) is 53.2 Å². The average Bonchev–Trinajstić information content (AvgIpc) is 2.48. The minimum Gasteiger partial charge on any atom is -0.409 e. The topological polar surface area (TPSA) is 84.4 Å². The molecule has 0 saturated heterocycles. The van der Waals surface area contributed by atoms with Gasteiger partial charge < -0.3 is 10.9 Å². The molecule has 0 atom stereocenters. The molecule has 0 bridgehead atoms. The van der Waals surface area contributed by atoms with Crippen molar-refractivity contribution in [1.29, 1.82) is 0 Å². The van der Waals surface area contributed by atoms with Gasteiger partial charge >= 0.3 is 0 Å². The molecular formula is C14H16N4OS. The van der Waals surface area contributed by atoms with Gasteiger partial charge in [-0.05, 0) is 23.6 Å². The normalized spacial score (nSPS) is 11.8. The van der Waals surface area contributed by atoms with Crippen LogP contribution in [-0.4, -0.2) is 21.0 Å².